The van der Waals surface area contributed by atoms with Gasteiger partial charge < -0.3 is 6.15 Å². The maximum Gasteiger partial charge on any atom is -0.0105 e. The van der Waals surface area contributed by atoms with E-state index in [1.807, 2.05) is 0 Å². The van der Waals surface area contributed by atoms with Gasteiger partial charge in [0.25, 0.3) is 0 Å². The summed E-state index contributed by atoms with van der Waals surface area (Å²) in [5.74, 6) is 0.823. The number of hydrogen-bond acceptors (Lipinski definition) is 1. The van der Waals surface area contributed by atoms with Gasteiger partial charge in [-0.1, -0.05) is 44.2 Å². The Bertz CT molecular complexity index is 251. The Morgan fingerprint density at radius 3 is 2.08 bits per heavy atom. The van der Waals surface area contributed by atoms with Crippen molar-refractivity contribution in [1.82, 2.24) is 6.15 Å². The lowest BCUT2D eigenvalue weighted by Crippen LogP contribution is -1.88. The fourth-order valence-corrected chi connectivity index (χ4v) is 1.72. The summed E-state index contributed by atoms with van der Waals surface area (Å²) in [7, 11) is 0. The molecule has 0 aromatic heterocycles. The molecule has 12 heavy (non-hydrogen) atoms. The molecular weight excluding hydrogens is 146 g/mol. The Morgan fingerprint density at radius 2 is 1.67 bits per heavy atom. The van der Waals surface area contributed by atoms with Crippen LogP contribution in [-0.2, 0) is 0 Å². The lowest BCUT2D eigenvalue weighted by atomic mass is 10.0. The first-order valence-corrected chi connectivity index (χ1v) is 4.25. The topological polar surface area (TPSA) is 35.0 Å². The summed E-state index contributed by atoms with van der Waals surface area (Å²) in [6.07, 6.45) is 1.36. The van der Waals surface area contributed by atoms with Crippen LogP contribution in [0.15, 0.2) is 30.3 Å². The molecule has 1 fully saturated rings. The van der Waals surface area contributed by atoms with E-state index in [0.717, 1.165) is 5.92 Å². The molecule has 0 heterocycles. The van der Waals surface area contributed by atoms with Crippen molar-refractivity contribution in [3.05, 3.63) is 35.9 Å². The highest BCUT2D eigenvalue weighted by atomic mass is 14.5. The third-order valence-corrected chi connectivity index (χ3v) is 2.72. The average Bonchev–Trinajstić information content (AvgIpc) is 2.62. The normalized spacial score (nSPS) is 24.3. The zero-order chi connectivity index (χ0) is 7.90. The van der Waals surface area contributed by atoms with Crippen LogP contribution in [0.4, 0.5) is 0 Å². The van der Waals surface area contributed by atoms with Crippen LogP contribution in [0, 0.1) is 5.41 Å². The summed E-state index contributed by atoms with van der Waals surface area (Å²) in [5, 5.41) is 0. The summed E-state index contributed by atoms with van der Waals surface area (Å²) in [6, 6.07) is 10.8. The van der Waals surface area contributed by atoms with E-state index in [0.29, 0.717) is 5.41 Å². The maximum absolute atomic E-state index is 2.34. The van der Waals surface area contributed by atoms with Gasteiger partial charge in [0.05, 0.1) is 0 Å². The van der Waals surface area contributed by atoms with Gasteiger partial charge in [-0.05, 0) is 23.3 Å². The van der Waals surface area contributed by atoms with Gasteiger partial charge >= 0.3 is 0 Å². The lowest BCUT2D eigenvalue weighted by Gasteiger charge is -2.01. The van der Waals surface area contributed by atoms with Gasteiger partial charge in [0.1, 0.15) is 0 Å². The second-order valence-corrected chi connectivity index (χ2v) is 4.16. The SMILES string of the molecule is CC1(C)CC1c1ccccc1.N. The van der Waals surface area contributed by atoms with Crippen molar-refractivity contribution in [2.24, 2.45) is 5.41 Å². The molecule has 3 N–H and O–H groups in total. The predicted octanol–water partition coefficient (Wildman–Crippen LogP) is 3.36. The first-order chi connectivity index (χ1) is 5.20. The van der Waals surface area contributed by atoms with Crippen LogP contribution < -0.4 is 6.15 Å². The summed E-state index contributed by atoms with van der Waals surface area (Å²) in [6.45, 7) is 4.68. The van der Waals surface area contributed by atoms with Gasteiger partial charge in [-0.25, -0.2) is 0 Å². The van der Waals surface area contributed by atoms with Crippen LogP contribution in [-0.4, -0.2) is 0 Å². The Labute approximate surface area is 74.4 Å². The standard InChI is InChI=1S/C11H14.H3N/c1-11(2)8-10(11)9-6-4-3-5-7-9;/h3-7,10H,8H2,1-2H3;1H3. The van der Waals surface area contributed by atoms with E-state index in [4.69, 9.17) is 0 Å². The summed E-state index contributed by atoms with van der Waals surface area (Å²) < 4.78 is 0. The third kappa shape index (κ3) is 1.51. The van der Waals surface area contributed by atoms with Crippen molar-refractivity contribution >= 4 is 0 Å². The smallest absolute Gasteiger partial charge is 0.0105 e. The van der Waals surface area contributed by atoms with Crippen molar-refractivity contribution in [3.8, 4) is 0 Å². The van der Waals surface area contributed by atoms with E-state index < -0.39 is 0 Å². The molecule has 0 radical (unpaired) electrons. The van der Waals surface area contributed by atoms with E-state index >= 15 is 0 Å². The van der Waals surface area contributed by atoms with Crippen LogP contribution >= 0.6 is 0 Å². The monoisotopic (exact) mass is 163 g/mol. The average molecular weight is 163 g/mol. The summed E-state index contributed by atoms with van der Waals surface area (Å²) in [5.41, 5.74) is 2.08. The molecule has 1 heteroatoms. The summed E-state index contributed by atoms with van der Waals surface area (Å²) in [4.78, 5) is 0. The van der Waals surface area contributed by atoms with Crippen molar-refractivity contribution < 1.29 is 0 Å². The number of hydrogen-bond donors (Lipinski definition) is 1. The van der Waals surface area contributed by atoms with E-state index in [9.17, 15) is 0 Å². The fourth-order valence-electron chi connectivity index (χ4n) is 1.72. The van der Waals surface area contributed by atoms with E-state index in [-0.39, 0.29) is 6.15 Å². The van der Waals surface area contributed by atoms with Gasteiger partial charge in [-0.2, -0.15) is 0 Å². The molecule has 1 aliphatic carbocycles. The molecule has 1 nitrogen and oxygen atoms in total. The zero-order valence-electron chi connectivity index (χ0n) is 7.88. The molecule has 1 aromatic rings. The molecule has 0 bridgehead atoms. The Kier molecular flexibility index (Phi) is 2.25. The molecule has 66 valence electrons. The Morgan fingerprint density at radius 1 is 1.17 bits per heavy atom. The highest BCUT2D eigenvalue weighted by molar-refractivity contribution is 5.27. The molecule has 1 aliphatic rings. The van der Waals surface area contributed by atoms with Crippen molar-refractivity contribution in [1.29, 1.82) is 0 Å². The first-order valence-electron chi connectivity index (χ1n) is 4.25. The molecule has 0 aliphatic heterocycles. The second kappa shape index (κ2) is 2.91. The number of benzene rings is 1. The molecule has 0 spiro atoms. The highest BCUT2D eigenvalue weighted by Gasteiger charge is 2.46. The fraction of sp³-hybridized carbons (Fsp3) is 0.455. The van der Waals surface area contributed by atoms with Gasteiger partial charge in [-0.15, -0.1) is 0 Å². The highest BCUT2D eigenvalue weighted by Crippen LogP contribution is 2.58. The minimum absolute atomic E-state index is 0. The van der Waals surface area contributed by atoms with Crippen LogP contribution in [0.5, 0.6) is 0 Å². The molecule has 0 amide bonds. The first kappa shape index (κ1) is 9.27. The third-order valence-electron chi connectivity index (χ3n) is 2.72. The molecule has 2 rings (SSSR count). The van der Waals surface area contributed by atoms with Crippen molar-refractivity contribution in [2.45, 2.75) is 26.2 Å². The van der Waals surface area contributed by atoms with Gasteiger partial charge in [0.15, 0.2) is 0 Å². The van der Waals surface area contributed by atoms with Crippen molar-refractivity contribution in [2.75, 3.05) is 0 Å². The molecule has 1 aromatic carbocycles. The minimum atomic E-state index is 0. The van der Waals surface area contributed by atoms with Crippen LogP contribution in [0.3, 0.4) is 0 Å². The summed E-state index contributed by atoms with van der Waals surface area (Å²) >= 11 is 0. The Balaban J connectivity index is 0.000000720. The molecule has 1 unspecified atom stereocenters. The predicted molar refractivity (Wildman–Crippen MR) is 52.6 cm³/mol. The quantitative estimate of drug-likeness (QED) is 0.676. The van der Waals surface area contributed by atoms with Crippen LogP contribution in [0.1, 0.15) is 31.7 Å². The van der Waals surface area contributed by atoms with Crippen LogP contribution in [0.2, 0.25) is 0 Å². The van der Waals surface area contributed by atoms with Crippen molar-refractivity contribution in [3.63, 3.8) is 0 Å². The molecule has 1 atom stereocenters. The van der Waals surface area contributed by atoms with Crippen LogP contribution in [0.25, 0.3) is 0 Å². The largest absolute Gasteiger partial charge is 0.344 e. The number of rotatable bonds is 1. The van der Waals surface area contributed by atoms with E-state index in [1.165, 1.54) is 12.0 Å². The van der Waals surface area contributed by atoms with Gasteiger partial charge in [0, 0.05) is 0 Å². The lowest BCUT2D eigenvalue weighted by molar-refractivity contribution is 0.622. The van der Waals surface area contributed by atoms with Gasteiger partial charge in [0.2, 0.25) is 0 Å². The minimum Gasteiger partial charge on any atom is -0.344 e. The molecular formula is C11H17N. The van der Waals surface area contributed by atoms with E-state index in [1.54, 1.807) is 0 Å². The second-order valence-electron chi connectivity index (χ2n) is 4.16. The maximum atomic E-state index is 2.34. The zero-order valence-corrected chi connectivity index (χ0v) is 7.88. The molecule has 1 saturated carbocycles. The Hall–Kier alpha value is -0.820. The van der Waals surface area contributed by atoms with E-state index in [2.05, 4.69) is 44.2 Å². The molecule has 0 saturated heterocycles. The van der Waals surface area contributed by atoms with Gasteiger partial charge in [-0.3, -0.25) is 0 Å².